The summed E-state index contributed by atoms with van der Waals surface area (Å²) >= 11 is 0. The molecule has 4 heterocycles. The molecule has 170 valence electrons. The lowest BCUT2D eigenvalue weighted by molar-refractivity contribution is -0.115. The SMILES string of the molecule is O=C(Cc1ccccn1)Nc1cn(CCCCn2cc(C(=O)NCc3ccccn3)nn2)[nH]1. The van der Waals surface area contributed by atoms with E-state index in [4.69, 9.17) is 0 Å². The van der Waals surface area contributed by atoms with Crippen LogP contribution in [0.1, 0.15) is 34.7 Å². The van der Waals surface area contributed by atoms with Crippen molar-refractivity contribution in [1.82, 2.24) is 40.1 Å². The number of pyridine rings is 2. The summed E-state index contributed by atoms with van der Waals surface area (Å²) in [5, 5.41) is 16.6. The van der Waals surface area contributed by atoms with Gasteiger partial charge in [0.05, 0.1) is 31.1 Å². The van der Waals surface area contributed by atoms with Crippen molar-refractivity contribution in [1.29, 1.82) is 0 Å². The van der Waals surface area contributed by atoms with Gasteiger partial charge in [-0.1, -0.05) is 17.3 Å². The number of nitrogens with one attached hydrogen (secondary N) is 3. The summed E-state index contributed by atoms with van der Waals surface area (Å²) in [7, 11) is 0. The van der Waals surface area contributed by atoms with Crippen molar-refractivity contribution in [3.63, 3.8) is 0 Å². The fourth-order valence-electron chi connectivity index (χ4n) is 3.18. The van der Waals surface area contributed by atoms with Crippen molar-refractivity contribution < 1.29 is 9.59 Å². The number of amides is 2. The zero-order valence-corrected chi connectivity index (χ0v) is 18.0. The number of aryl methyl sites for hydroxylation is 2. The van der Waals surface area contributed by atoms with E-state index in [9.17, 15) is 9.59 Å². The Balaban J connectivity index is 1.12. The van der Waals surface area contributed by atoms with E-state index in [1.807, 2.05) is 47.3 Å². The van der Waals surface area contributed by atoms with E-state index in [0.717, 1.165) is 30.8 Å². The number of unbranched alkanes of at least 4 members (excludes halogenated alkanes) is 1. The zero-order valence-electron chi connectivity index (χ0n) is 18.0. The van der Waals surface area contributed by atoms with E-state index in [1.54, 1.807) is 23.3 Å². The molecule has 3 N–H and O–H groups in total. The van der Waals surface area contributed by atoms with Gasteiger partial charge in [-0.2, -0.15) is 0 Å². The van der Waals surface area contributed by atoms with E-state index in [-0.39, 0.29) is 23.9 Å². The molecule has 0 spiro atoms. The molecule has 11 heteroatoms. The van der Waals surface area contributed by atoms with E-state index < -0.39 is 0 Å². The highest BCUT2D eigenvalue weighted by molar-refractivity contribution is 5.92. The number of hydrogen-bond donors (Lipinski definition) is 3. The van der Waals surface area contributed by atoms with Crippen LogP contribution in [-0.2, 0) is 30.8 Å². The summed E-state index contributed by atoms with van der Waals surface area (Å²) in [4.78, 5) is 32.5. The van der Waals surface area contributed by atoms with E-state index in [0.29, 0.717) is 18.9 Å². The van der Waals surface area contributed by atoms with E-state index in [2.05, 4.69) is 36.0 Å². The Morgan fingerprint density at radius 3 is 2.39 bits per heavy atom. The van der Waals surface area contributed by atoms with Crippen molar-refractivity contribution in [2.45, 2.75) is 38.9 Å². The third-order valence-corrected chi connectivity index (χ3v) is 4.85. The fourth-order valence-corrected chi connectivity index (χ4v) is 3.18. The standard InChI is InChI=1S/C22H25N9O2/c32-21(13-17-7-1-3-9-23-17)26-20-16-30(28-20)11-5-6-12-31-15-19(27-29-31)22(33)25-14-18-8-2-4-10-24-18/h1-4,7-10,15-16,28H,5-6,11-14H2,(H,25,33)(H,26,32). The van der Waals surface area contributed by atoms with Gasteiger partial charge in [0.25, 0.3) is 5.91 Å². The average molecular weight is 448 g/mol. The second kappa shape index (κ2) is 10.8. The highest BCUT2D eigenvalue weighted by Gasteiger charge is 2.11. The summed E-state index contributed by atoms with van der Waals surface area (Å²) in [6.07, 6.45) is 8.86. The molecule has 4 aromatic heterocycles. The molecule has 0 aromatic carbocycles. The van der Waals surface area contributed by atoms with Crippen molar-refractivity contribution in [2.24, 2.45) is 0 Å². The van der Waals surface area contributed by atoms with Crippen molar-refractivity contribution in [3.8, 4) is 0 Å². The molecule has 11 nitrogen and oxygen atoms in total. The molecule has 0 saturated carbocycles. The normalized spacial score (nSPS) is 10.8. The summed E-state index contributed by atoms with van der Waals surface area (Å²) in [6, 6.07) is 11.0. The van der Waals surface area contributed by atoms with Crippen LogP contribution in [0, 0.1) is 0 Å². The van der Waals surface area contributed by atoms with Gasteiger partial charge >= 0.3 is 0 Å². The first kappa shape index (κ1) is 21.9. The molecule has 0 aliphatic rings. The Kier molecular flexibility index (Phi) is 7.21. The molecule has 0 aliphatic carbocycles. The van der Waals surface area contributed by atoms with Crippen molar-refractivity contribution in [2.75, 3.05) is 5.32 Å². The number of hydrogen-bond acceptors (Lipinski definition) is 6. The van der Waals surface area contributed by atoms with Gasteiger partial charge in [-0.05, 0) is 37.1 Å². The highest BCUT2D eigenvalue weighted by Crippen LogP contribution is 2.08. The van der Waals surface area contributed by atoms with Gasteiger partial charge < -0.3 is 10.6 Å². The predicted molar refractivity (Wildman–Crippen MR) is 120 cm³/mol. The van der Waals surface area contributed by atoms with Crippen LogP contribution in [0.2, 0.25) is 0 Å². The quantitative estimate of drug-likeness (QED) is 0.300. The maximum absolute atomic E-state index is 12.2. The Bertz CT molecular complexity index is 1150. The summed E-state index contributed by atoms with van der Waals surface area (Å²) < 4.78 is 3.58. The second-order valence-electron chi connectivity index (χ2n) is 7.47. The molecular weight excluding hydrogens is 422 g/mol. The molecule has 0 radical (unpaired) electrons. The topological polar surface area (TPSA) is 135 Å². The molecule has 0 saturated heterocycles. The molecule has 33 heavy (non-hydrogen) atoms. The Labute approximate surface area is 190 Å². The minimum absolute atomic E-state index is 0.113. The second-order valence-corrected chi connectivity index (χ2v) is 7.47. The number of carbonyl (C=O) groups is 2. The average Bonchev–Trinajstić information content (AvgIpc) is 3.28. The Morgan fingerprint density at radius 1 is 0.939 bits per heavy atom. The number of rotatable bonds is 11. The van der Waals surface area contributed by atoms with Crippen molar-refractivity contribution in [3.05, 3.63) is 78.3 Å². The lowest BCUT2D eigenvalue weighted by atomic mass is 10.2. The molecule has 4 aromatic rings. The summed E-state index contributed by atoms with van der Waals surface area (Å²) in [5.74, 6) is 0.283. The first-order chi connectivity index (χ1) is 16.2. The van der Waals surface area contributed by atoms with Gasteiger partial charge in [0.15, 0.2) is 5.69 Å². The molecule has 2 amide bonds. The van der Waals surface area contributed by atoms with Crippen LogP contribution in [0.4, 0.5) is 5.82 Å². The number of aromatic amines is 1. The summed E-state index contributed by atoms with van der Waals surface area (Å²) in [5.41, 5.74) is 1.79. The number of H-pyrrole nitrogens is 1. The van der Waals surface area contributed by atoms with Crippen LogP contribution in [-0.4, -0.2) is 46.6 Å². The molecule has 0 unspecified atom stereocenters. The molecule has 0 aliphatic heterocycles. The molecule has 4 rings (SSSR count). The maximum atomic E-state index is 12.2. The molecule has 0 fully saturated rings. The first-order valence-electron chi connectivity index (χ1n) is 10.7. The third kappa shape index (κ3) is 6.60. The van der Waals surface area contributed by atoms with Crippen LogP contribution >= 0.6 is 0 Å². The van der Waals surface area contributed by atoms with Gasteiger partial charge in [-0.3, -0.25) is 34.0 Å². The minimum atomic E-state index is -0.278. The third-order valence-electron chi connectivity index (χ3n) is 4.85. The monoisotopic (exact) mass is 447 g/mol. The Hall–Kier alpha value is -4.28. The Morgan fingerprint density at radius 2 is 1.67 bits per heavy atom. The highest BCUT2D eigenvalue weighted by atomic mass is 16.2. The van der Waals surface area contributed by atoms with Crippen molar-refractivity contribution >= 4 is 17.6 Å². The molecular formula is C22H25N9O2. The van der Waals surface area contributed by atoms with Gasteiger partial charge in [-0.15, -0.1) is 5.10 Å². The summed E-state index contributed by atoms with van der Waals surface area (Å²) in [6.45, 7) is 1.78. The predicted octanol–water partition coefficient (Wildman–Crippen LogP) is 1.79. The lowest BCUT2D eigenvalue weighted by Gasteiger charge is -2.16. The van der Waals surface area contributed by atoms with Crippen LogP contribution in [0.3, 0.4) is 0 Å². The number of carbonyl (C=O) groups excluding carboxylic acids is 2. The zero-order chi connectivity index (χ0) is 22.9. The maximum Gasteiger partial charge on any atom is 0.273 e. The van der Waals surface area contributed by atoms with E-state index in [1.165, 1.54) is 0 Å². The largest absolute Gasteiger partial charge is 0.345 e. The van der Waals surface area contributed by atoms with Crippen LogP contribution in [0.15, 0.2) is 61.2 Å². The minimum Gasteiger partial charge on any atom is -0.345 e. The van der Waals surface area contributed by atoms with Gasteiger partial charge in [-0.25, -0.2) is 0 Å². The fraction of sp³-hybridized carbons (Fsp3) is 0.273. The van der Waals surface area contributed by atoms with Crippen LogP contribution in [0.5, 0.6) is 0 Å². The lowest BCUT2D eigenvalue weighted by Crippen LogP contribution is -2.23. The van der Waals surface area contributed by atoms with Crippen LogP contribution < -0.4 is 10.6 Å². The molecule has 0 atom stereocenters. The van der Waals surface area contributed by atoms with Gasteiger partial charge in [0.1, 0.15) is 5.82 Å². The van der Waals surface area contributed by atoms with Gasteiger partial charge in [0.2, 0.25) is 5.91 Å². The number of anilines is 1. The van der Waals surface area contributed by atoms with Gasteiger partial charge in [0, 0.05) is 31.2 Å². The first-order valence-corrected chi connectivity index (χ1v) is 10.7. The van der Waals surface area contributed by atoms with Crippen LogP contribution in [0.25, 0.3) is 0 Å². The smallest absolute Gasteiger partial charge is 0.273 e. The molecule has 0 bridgehead atoms. The number of nitrogens with zero attached hydrogens (tertiary/aromatic N) is 6. The van der Waals surface area contributed by atoms with E-state index >= 15 is 0 Å². The number of aromatic nitrogens is 7.